The Kier molecular flexibility index (Phi) is 6.62. The van der Waals surface area contributed by atoms with Crippen LogP contribution in [0.15, 0.2) is 30.3 Å². The highest BCUT2D eigenvalue weighted by Gasteiger charge is 2.36. The molecule has 34 heavy (non-hydrogen) atoms. The fraction of sp³-hybridized carbons (Fsp3) is 0.348. The Balaban J connectivity index is 1.39. The van der Waals surface area contributed by atoms with E-state index in [1.165, 1.54) is 38.4 Å². The van der Waals surface area contributed by atoms with E-state index < -0.39 is 17.7 Å². The van der Waals surface area contributed by atoms with Crippen LogP contribution in [0.5, 0.6) is 28.7 Å². The van der Waals surface area contributed by atoms with Crippen molar-refractivity contribution in [2.75, 3.05) is 46.0 Å². The van der Waals surface area contributed by atoms with Crippen LogP contribution in [0.3, 0.4) is 0 Å². The number of methoxy groups -OCH3 is 3. The molecule has 0 spiro atoms. The molecule has 0 saturated carbocycles. The summed E-state index contributed by atoms with van der Waals surface area (Å²) in [5.74, 6) is 0.217. The molecule has 1 fully saturated rings. The predicted octanol–water partition coefficient (Wildman–Crippen LogP) is 1.30. The Hall–Kier alpha value is -4.15. The van der Waals surface area contributed by atoms with Gasteiger partial charge in [-0.1, -0.05) is 0 Å². The van der Waals surface area contributed by atoms with Crippen molar-refractivity contribution >= 4 is 23.4 Å². The number of hydrogen-bond acceptors (Lipinski definition) is 8. The van der Waals surface area contributed by atoms with E-state index in [4.69, 9.17) is 23.7 Å². The first-order valence-electron chi connectivity index (χ1n) is 10.5. The quantitative estimate of drug-likeness (QED) is 0.604. The van der Waals surface area contributed by atoms with Gasteiger partial charge in [0.2, 0.25) is 17.6 Å². The molecule has 2 aromatic carbocycles. The number of benzene rings is 2. The lowest BCUT2D eigenvalue weighted by molar-refractivity contribution is -0.126. The molecule has 2 aliphatic rings. The zero-order valence-electron chi connectivity index (χ0n) is 19.0. The molecule has 180 valence electrons. The van der Waals surface area contributed by atoms with Gasteiger partial charge < -0.3 is 28.6 Å². The zero-order valence-corrected chi connectivity index (χ0v) is 19.0. The molecule has 2 heterocycles. The largest absolute Gasteiger partial charge is 0.493 e. The Morgan fingerprint density at radius 2 is 1.62 bits per heavy atom. The summed E-state index contributed by atoms with van der Waals surface area (Å²) in [4.78, 5) is 39.4. The number of fused-ring (bicyclic) bond motifs is 1. The lowest BCUT2D eigenvalue weighted by atomic mass is 10.1. The van der Waals surface area contributed by atoms with Crippen LogP contribution in [0.4, 0.5) is 5.69 Å². The monoisotopic (exact) mass is 471 g/mol. The van der Waals surface area contributed by atoms with E-state index in [9.17, 15) is 14.4 Å². The SMILES string of the molecule is COc1cc(C(=O)NNC(=O)C2CC(=O)N(c3ccc4c(c3)OCCO4)C2)cc(OC)c1OC. The van der Waals surface area contributed by atoms with Crippen LogP contribution in [-0.4, -0.2) is 58.8 Å². The second-order valence-electron chi connectivity index (χ2n) is 7.59. The van der Waals surface area contributed by atoms with Crippen molar-refractivity contribution in [3.05, 3.63) is 35.9 Å². The molecular weight excluding hydrogens is 446 g/mol. The van der Waals surface area contributed by atoms with Crippen LogP contribution < -0.4 is 39.4 Å². The Morgan fingerprint density at radius 1 is 0.941 bits per heavy atom. The summed E-state index contributed by atoms with van der Waals surface area (Å²) in [7, 11) is 4.33. The van der Waals surface area contributed by atoms with Crippen LogP contribution in [0.1, 0.15) is 16.8 Å². The molecule has 0 aliphatic carbocycles. The standard InChI is InChI=1S/C23H25N3O8/c1-30-18-8-13(9-19(31-2)21(18)32-3)22(28)24-25-23(29)14-10-20(27)26(12-14)15-4-5-16-17(11-15)34-7-6-33-16/h4-5,8-9,11,14H,6-7,10,12H2,1-3H3,(H,24,28)(H,25,29). The third-order valence-corrected chi connectivity index (χ3v) is 5.56. The molecule has 1 saturated heterocycles. The van der Waals surface area contributed by atoms with E-state index in [2.05, 4.69) is 10.9 Å². The summed E-state index contributed by atoms with van der Waals surface area (Å²) >= 11 is 0. The molecule has 2 N–H and O–H groups in total. The van der Waals surface area contributed by atoms with E-state index in [0.717, 1.165) is 0 Å². The van der Waals surface area contributed by atoms with Gasteiger partial charge in [0.05, 0.1) is 27.2 Å². The molecule has 0 bridgehead atoms. The second-order valence-corrected chi connectivity index (χ2v) is 7.59. The highest BCUT2D eigenvalue weighted by molar-refractivity contribution is 6.01. The van der Waals surface area contributed by atoms with E-state index in [1.54, 1.807) is 18.2 Å². The van der Waals surface area contributed by atoms with E-state index in [0.29, 0.717) is 47.6 Å². The topological polar surface area (TPSA) is 125 Å². The molecule has 0 aromatic heterocycles. The second kappa shape index (κ2) is 9.77. The highest BCUT2D eigenvalue weighted by Crippen LogP contribution is 2.38. The number of anilines is 1. The minimum Gasteiger partial charge on any atom is -0.493 e. The van der Waals surface area contributed by atoms with Gasteiger partial charge in [0.15, 0.2) is 23.0 Å². The Bertz CT molecular complexity index is 1090. The number of carbonyl (C=O) groups excluding carboxylic acids is 3. The first kappa shape index (κ1) is 23.0. The lowest BCUT2D eigenvalue weighted by Crippen LogP contribution is -2.45. The number of nitrogens with one attached hydrogen (secondary N) is 2. The maximum atomic E-state index is 12.7. The Labute approximate surface area is 195 Å². The molecule has 2 aliphatic heterocycles. The minimum absolute atomic E-state index is 0.0142. The van der Waals surface area contributed by atoms with Crippen molar-refractivity contribution in [3.63, 3.8) is 0 Å². The number of hydrazine groups is 1. The molecule has 4 rings (SSSR count). The van der Waals surface area contributed by atoms with Crippen molar-refractivity contribution in [1.82, 2.24) is 10.9 Å². The number of amides is 3. The summed E-state index contributed by atoms with van der Waals surface area (Å²) in [6.07, 6.45) is 0.0142. The van der Waals surface area contributed by atoms with Crippen molar-refractivity contribution in [2.45, 2.75) is 6.42 Å². The molecular formula is C23H25N3O8. The smallest absolute Gasteiger partial charge is 0.269 e. The van der Waals surface area contributed by atoms with Crippen LogP contribution in [0.2, 0.25) is 0 Å². The minimum atomic E-state index is -0.638. The van der Waals surface area contributed by atoms with Gasteiger partial charge in [-0.15, -0.1) is 0 Å². The Morgan fingerprint density at radius 3 is 2.26 bits per heavy atom. The van der Waals surface area contributed by atoms with Crippen molar-refractivity contribution in [3.8, 4) is 28.7 Å². The fourth-order valence-corrected chi connectivity index (χ4v) is 3.84. The van der Waals surface area contributed by atoms with Gasteiger partial charge in [-0.05, 0) is 24.3 Å². The molecule has 1 unspecified atom stereocenters. The normalized spacial score (nSPS) is 16.6. The average molecular weight is 471 g/mol. The number of nitrogens with zero attached hydrogens (tertiary/aromatic N) is 1. The van der Waals surface area contributed by atoms with Gasteiger partial charge in [-0.3, -0.25) is 25.2 Å². The summed E-state index contributed by atoms with van der Waals surface area (Å²) in [6.45, 7) is 1.07. The predicted molar refractivity (Wildman–Crippen MR) is 120 cm³/mol. The highest BCUT2D eigenvalue weighted by atomic mass is 16.6. The van der Waals surface area contributed by atoms with Crippen LogP contribution in [0.25, 0.3) is 0 Å². The lowest BCUT2D eigenvalue weighted by Gasteiger charge is -2.22. The molecule has 3 amide bonds. The average Bonchev–Trinajstić information content (AvgIpc) is 3.27. The maximum absolute atomic E-state index is 12.7. The van der Waals surface area contributed by atoms with Crippen LogP contribution in [0, 0.1) is 5.92 Å². The molecule has 11 nitrogen and oxygen atoms in total. The number of carbonyl (C=O) groups is 3. The molecule has 11 heteroatoms. The van der Waals surface area contributed by atoms with Crippen LogP contribution in [-0.2, 0) is 9.59 Å². The fourth-order valence-electron chi connectivity index (χ4n) is 3.84. The van der Waals surface area contributed by atoms with Crippen molar-refractivity contribution in [2.24, 2.45) is 5.92 Å². The summed E-state index contributed by atoms with van der Waals surface area (Å²) in [5.41, 5.74) is 5.57. The van der Waals surface area contributed by atoms with Gasteiger partial charge in [0, 0.05) is 30.3 Å². The van der Waals surface area contributed by atoms with Crippen molar-refractivity contribution < 1.29 is 38.1 Å². The third kappa shape index (κ3) is 4.49. The summed E-state index contributed by atoms with van der Waals surface area (Å²) in [5, 5.41) is 0. The van der Waals surface area contributed by atoms with Gasteiger partial charge in [-0.25, -0.2) is 0 Å². The first-order valence-corrected chi connectivity index (χ1v) is 10.5. The van der Waals surface area contributed by atoms with E-state index >= 15 is 0 Å². The van der Waals surface area contributed by atoms with Crippen LogP contribution >= 0.6 is 0 Å². The van der Waals surface area contributed by atoms with Gasteiger partial charge in [0.1, 0.15) is 13.2 Å². The van der Waals surface area contributed by atoms with Gasteiger partial charge >= 0.3 is 0 Å². The van der Waals surface area contributed by atoms with Crippen molar-refractivity contribution in [1.29, 1.82) is 0 Å². The molecule has 2 aromatic rings. The summed E-state index contributed by atoms with van der Waals surface area (Å²) in [6, 6.07) is 8.13. The number of hydrogen-bond donors (Lipinski definition) is 2. The maximum Gasteiger partial charge on any atom is 0.269 e. The number of ether oxygens (including phenoxy) is 5. The number of rotatable bonds is 6. The van der Waals surface area contributed by atoms with Gasteiger partial charge in [-0.2, -0.15) is 0 Å². The van der Waals surface area contributed by atoms with E-state index in [-0.39, 0.29) is 24.4 Å². The molecule has 0 radical (unpaired) electrons. The third-order valence-electron chi connectivity index (χ3n) is 5.56. The van der Waals surface area contributed by atoms with E-state index in [1.807, 2.05) is 0 Å². The van der Waals surface area contributed by atoms with Gasteiger partial charge in [0.25, 0.3) is 5.91 Å². The molecule has 1 atom stereocenters. The zero-order chi connectivity index (χ0) is 24.2. The summed E-state index contributed by atoms with van der Waals surface area (Å²) < 4.78 is 26.8. The first-order chi connectivity index (χ1) is 16.4.